The van der Waals surface area contributed by atoms with Crippen molar-refractivity contribution in [2.75, 3.05) is 18.9 Å². The van der Waals surface area contributed by atoms with E-state index in [1.54, 1.807) is 6.20 Å². The van der Waals surface area contributed by atoms with E-state index in [4.69, 9.17) is 4.74 Å². The minimum absolute atomic E-state index is 0.0448. The van der Waals surface area contributed by atoms with Gasteiger partial charge in [0.15, 0.2) is 0 Å². The number of benzene rings is 1. The molecule has 1 aromatic heterocycles. The van der Waals surface area contributed by atoms with Crippen LogP contribution in [0.1, 0.15) is 12.8 Å². The van der Waals surface area contributed by atoms with Gasteiger partial charge in [0.1, 0.15) is 0 Å². The van der Waals surface area contributed by atoms with Crippen LogP contribution in [0.4, 0.5) is 0 Å². The largest absolute Gasteiger partial charge is 0.376 e. The van der Waals surface area contributed by atoms with Gasteiger partial charge in [-0.3, -0.25) is 9.78 Å². The lowest BCUT2D eigenvalue weighted by Gasteiger charge is -2.11. The van der Waals surface area contributed by atoms with E-state index in [2.05, 4.69) is 10.3 Å². The maximum atomic E-state index is 11.9. The number of para-hydroxylation sites is 1. The van der Waals surface area contributed by atoms with Crippen molar-refractivity contribution < 1.29 is 9.53 Å². The predicted molar refractivity (Wildman–Crippen MR) is 84.5 cm³/mol. The lowest BCUT2D eigenvalue weighted by atomic mass is 10.2. The fourth-order valence-corrected chi connectivity index (χ4v) is 3.29. The molecular formula is C16H18N2O2S. The van der Waals surface area contributed by atoms with Gasteiger partial charge in [0.05, 0.1) is 17.4 Å². The molecule has 1 aliphatic heterocycles. The zero-order chi connectivity index (χ0) is 14.5. The Morgan fingerprint density at radius 2 is 2.29 bits per heavy atom. The average molecular weight is 302 g/mol. The first-order valence-electron chi connectivity index (χ1n) is 7.18. The maximum absolute atomic E-state index is 11.9. The first-order valence-corrected chi connectivity index (χ1v) is 8.16. The highest BCUT2D eigenvalue weighted by molar-refractivity contribution is 8.00. The Morgan fingerprint density at radius 1 is 1.38 bits per heavy atom. The fourth-order valence-electron chi connectivity index (χ4n) is 2.42. The molecule has 1 fully saturated rings. The molecule has 1 amide bonds. The van der Waals surface area contributed by atoms with Crippen molar-refractivity contribution in [1.82, 2.24) is 10.3 Å². The summed E-state index contributed by atoms with van der Waals surface area (Å²) in [5.74, 6) is 0.450. The average Bonchev–Trinajstić information content (AvgIpc) is 3.04. The lowest BCUT2D eigenvalue weighted by molar-refractivity contribution is -0.119. The number of pyridine rings is 1. The van der Waals surface area contributed by atoms with E-state index >= 15 is 0 Å². The van der Waals surface area contributed by atoms with Crippen molar-refractivity contribution in [2.45, 2.75) is 23.8 Å². The third kappa shape index (κ3) is 3.74. The standard InChI is InChI=1S/C16H18N2O2S/c19-15(18-10-13-6-3-9-20-13)11-21-14-7-1-4-12-5-2-8-17-16(12)14/h1-2,4-5,7-8,13H,3,6,9-11H2,(H,18,19)/t13-/m0/s1. The number of aromatic nitrogens is 1. The van der Waals surface area contributed by atoms with Crippen LogP contribution in [0.5, 0.6) is 0 Å². The predicted octanol–water partition coefficient (Wildman–Crippen LogP) is 2.62. The minimum atomic E-state index is 0.0448. The van der Waals surface area contributed by atoms with Gasteiger partial charge in [0.2, 0.25) is 5.91 Å². The number of amides is 1. The number of ether oxygens (including phenoxy) is 1. The van der Waals surface area contributed by atoms with Crippen molar-refractivity contribution in [2.24, 2.45) is 0 Å². The van der Waals surface area contributed by atoms with Crippen molar-refractivity contribution in [1.29, 1.82) is 0 Å². The summed E-state index contributed by atoms with van der Waals surface area (Å²) in [6.45, 7) is 1.43. The number of nitrogens with zero attached hydrogens (tertiary/aromatic N) is 1. The highest BCUT2D eigenvalue weighted by Crippen LogP contribution is 2.25. The van der Waals surface area contributed by atoms with Gasteiger partial charge in [-0.15, -0.1) is 11.8 Å². The zero-order valence-corrected chi connectivity index (χ0v) is 12.6. The quantitative estimate of drug-likeness (QED) is 0.863. The van der Waals surface area contributed by atoms with Gasteiger partial charge in [0, 0.05) is 29.6 Å². The first-order chi connectivity index (χ1) is 10.3. The van der Waals surface area contributed by atoms with E-state index < -0.39 is 0 Å². The Bertz CT molecular complexity index is 621. The van der Waals surface area contributed by atoms with Gasteiger partial charge >= 0.3 is 0 Å². The monoisotopic (exact) mass is 302 g/mol. The van der Waals surface area contributed by atoms with Gasteiger partial charge in [-0.25, -0.2) is 0 Å². The summed E-state index contributed by atoms with van der Waals surface area (Å²) in [5.41, 5.74) is 0.955. The van der Waals surface area contributed by atoms with Crippen LogP contribution in [0, 0.1) is 0 Å². The molecule has 0 bridgehead atoms. The second-order valence-corrected chi connectivity index (χ2v) is 6.08. The van der Waals surface area contributed by atoms with E-state index in [9.17, 15) is 4.79 Å². The Balaban J connectivity index is 1.54. The minimum Gasteiger partial charge on any atom is -0.376 e. The molecular weight excluding hydrogens is 284 g/mol. The second kappa shape index (κ2) is 6.91. The van der Waals surface area contributed by atoms with E-state index in [0.717, 1.165) is 35.2 Å². The molecule has 21 heavy (non-hydrogen) atoms. The Kier molecular flexibility index (Phi) is 4.72. The molecule has 2 aromatic rings. The summed E-state index contributed by atoms with van der Waals surface area (Å²) >= 11 is 1.53. The topological polar surface area (TPSA) is 51.2 Å². The van der Waals surface area contributed by atoms with Crippen molar-refractivity contribution in [3.05, 3.63) is 36.5 Å². The summed E-state index contributed by atoms with van der Waals surface area (Å²) < 4.78 is 5.49. The third-order valence-electron chi connectivity index (χ3n) is 3.51. The second-order valence-electron chi connectivity index (χ2n) is 5.06. The molecule has 2 heterocycles. The molecule has 3 rings (SSSR count). The van der Waals surface area contributed by atoms with Gasteiger partial charge in [-0.2, -0.15) is 0 Å². The molecule has 110 valence electrons. The molecule has 5 heteroatoms. The summed E-state index contributed by atoms with van der Waals surface area (Å²) in [6.07, 6.45) is 4.11. The van der Waals surface area contributed by atoms with Crippen LogP contribution >= 0.6 is 11.8 Å². The van der Waals surface area contributed by atoms with E-state index in [0.29, 0.717) is 12.3 Å². The maximum Gasteiger partial charge on any atom is 0.230 e. The number of thioether (sulfide) groups is 1. The zero-order valence-electron chi connectivity index (χ0n) is 11.7. The summed E-state index contributed by atoms with van der Waals surface area (Å²) in [7, 11) is 0. The van der Waals surface area contributed by atoms with E-state index in [1.165, 1.54) is 11.8 Å². The van der Waals surface area contributed by atoms with Crippen LogP contribution in [0.3, 0.4) is 0 Å². The molecule has 0 saturated carbocycles. The van der Waals surface area contributed by atoms with Gasteiger partial charge in [0.25, 0.3) is 0 Å². The lowest BCUT2D eigenvalue weighted by Crippen LogP contribution is -2.32. The number of hydrogen-bond donors (Lipinski definition) is 1. The van der Waals surface area contributed by atoms with Crippen LogP contribution in [0.25, 0.3) is 10.9 Å². The number of carbonyl (C=O) groups is 1. The summed E-state index contributed by atoms with van der Waals surface area (Å²) in [4.78, 5) is 17.3. The number of nitrogens with one attached hydrogen (secondary N) is 1. The highest BCUT2D eigenvalue weighted by atomic mass is 32.2. The molecule has 0 aliphatic carbocycles. The number of carbonyl (C=O) groups excluding carboxylic acids is 1. The Morgan fingerprint density at radius 3 is 3.14 bits per heavy atom. The van der Waals surface area contributed by atoms with Crippen LogP contribution in [0.2, 0.25) is 0 Å². The van der Waals surface area contributed by atoms with Crippen LogP contribution < -0.4 is 5.32 Å². The van der Waals surface area contributed by atoms with Crippen LogP contribution in [-0.2, 0) is 9.53 Å². The SMILES string of the molecule is O=C(CSc1cccc2cccnc12)NC[C@@H]1CCCO1. The molecule has 0 radical (unpaired) electrons. The molecule has 1 saturated heterocycles. The Labute approximate surface area is 128 Å². The summed E-state index contributed by atoms with van der Waals surface area (Å²) in [5, 5.41) is 4.04. The number of rotatable bonds is 5. The molecule has 4 nitrogen and oxygen atoms in total. The van der Waals surface area contributed by atoms with Crippen LogP contribution in [-0.4, -0.2) is 35.9 Å². The van der Waals surface area contributed by atoms with Crippen molar-refractivity contribution in [3.63, 3.8) is 0 Å². The van der Waals surface area contributed by atoms with Crippen LogP contribution in [0.15, 0.2) is 41.4 Å². The molecule has 0 spiro atoms. The highest BCUT2D eigenvalue weighted by Gasteiger charge is 2.16. The molecule has 1 N–H and O–H groups in total. The molecule has 1 aliphatic rings. The summed E-state index contributed by atoms with van der Waals surface area (Å²) in [6, 6.07) is 9.99. The normalized spacial score (nSPS) is 18.0. The van der Waals surface area contributed by atoms with Crippen molar-refractivity contribution in [3.8, 4) is 0 Å². The van der Waals surface area contributed by atoms with Gasteiger partial charge in [-0.05, 0) is 25.0 Å². The smallest absolute Gasteiger partial charge is 0.230 e. The number of fused-ring (bicyclic) bond motifs is 1. The molecule has 1 aromatic carbocycles. The fraction of sp³-hybridized carbons (Fsp3) is 0.375. The van der Waals surface area contributed by atoms with E-state index in [-0.39, 0.29) is 12.0 Å². The van der Waals surface area contributed by atoms with Crippen molar-refractivity contribution >= 4 is 28.6 Å². The van der Waals surface area contributed by atoms with Gasteiger partial charge < -0.3 is 10.1 Å². The first kappa shape index (κ1) is 14.4. The Hall–Kier alpha value is -1.59. The number of hydrogen-bond acceptors (Lipinski definition) is 4. The van der Waals surface area contributed by atoms with E-state index in [1.807, 2.05) is 30.3 Å². The third-order valence-corrected chi connectivity index (χ3v) is 4.55. The molecule has 0 unspecified atom stereocenters. The van der Waals surface area contributed by atoms with Gasteiger partial charge in [-0.1, -0.05) is 18.2 Å². The molecule has 1 atom stereocenters.